The molecule has 1 amide bonds. The zero-order valence-corrected chi connectivity index (χ0v) is 19.6. The highest BCUT2D eigenvalue weighted by molar-refractivity contribution is 6.30. The third-order valence-electron chi connectivity index (χ3n) is 4.86. The fourth-order valence-corrected chi connectivity index (χ4v) is 3.46. The van der Waals surface area contributed by atoms with Crippen molar-refractivity contribution in [3.8, 4) is 17.6 Å². The van der Waals surface area contributed by atoms with Crippen molar-refractivity contribution in [3.05, 3.63) is 93.5 Å². The lowest BCUT2D eigenvalue weighted by Gasteiger charge is -2.13. The van der Waals surface area contributed by atoms with Crippen molar-refractivity contribution in [1.29, 1.82) is 5.26 Å². The van der Waals surface area contributed by atoms with Gasteiger partial charge in [-0.3, -0.25) is 4.79 Å². The number of halogens is 1. The van der Waals surface area contributed by atoms with Crippen LogP contribution < -0.4 is 14.8 Å². The molecule has 6 heteroatoms. The number of nitriles is 1. The zero-order valence-electron chi connectivity index (χ0n) is 18.8. The summed E-state index contributed by atoms with van der Waals surface area (Å²) in [7, 11) is 0. The Labute approximate surface area is 199 Å². The maximum absolute atomic E-state index is 12.7. The van der Waals surface area contributed by atoms with Gasteiger partial charge in [0.05, 0.1) is 6.61 Å². The Morgan fingerprint density at radius 2 is 1.88 bits per heavy atom. The van der Waals surface area contributed by atoms with E-state index in [0.717, 1.165) is 16.7 Å². The molecule has 0 radical (unpaired) electrons. The molecule has 0 heterocycles. The summed E-state index contributed by atoms with van der Waals surface area (Å²) in [5.74, 6) is 0.640. The predicted octanol–water partition coefficient (Wildman–Crippen LogP) is 6.48. The summed E-state index contributed by atoms with van der Waals surface area (Å²) in [5, 5.41) is 12.9. The smallest absolute Gasteiger partial charge is 0.266 e. The van der Waals surface area contributed by atoms with Crippen molar-refractivity contribution < 1.29 is 14.3 Å². The number of anilines is 1. The molecule has 3 aromatic carbocycles. The van der Waals surface area contributed by atoms with Crippen LogP contribution in [0.1, 0.15) is 29.2 Å². The van der Waals surface area contributed by atoms with Crippen LogP contribution in [0.15, 0.2) is 66.2 Å². The van der Waals surface area contributed by atoms with Gasteiger partial charge in [-0.2, -0.15) is 5.26 Å². The average molecular weight is 461 g/mol. The van der Waals surface area contributed by atoms with Gasteiger partial charge in [-0.1, -0.05) is 47.5 Å². The monoisotopic (exact) mass is 460 g/mol. The second-order valence-corrected chi connectivity index (χ2v) is 7.94. The van der Waals surface area contributed by atoms with Gasteiger partial charge in [0.25, 0.3) is 5.91 Å². The largest absolute Gasteiger partial charge is 0.490 e. The van der Waals surface area contributed by atoms with Crippen LogP contribution in [0.2, 0.25) is 5.02 Å². The standard InChI is InChI=1S/C27H25ClN2O3/c1-4-32-26-15-20(8-11-25(26)33-17-21-7-5-6-18(2)12-21)14-22(16-29)27(31)30-24-10-9-23(28)13-19(24)3/h5-15H,4,17H2,1-3H3,(H,30,31)/b22-14+. The molecule has 3 aromatic rings. The summed E-state index contributed by atoms with van der Waals surface area (Å²) < 4.78 is 11.7. The van der Waals surface area contributed by atoms with E-state index in [1.54, 1.807) is 36.4 Å². The average Bonchev–Trinajstić information content (AvgIpc) is 2.79. The van der Waals surface area contributed by atoms with Crippen LogP contribution in [0.3, 0.4) is 0 Å². The molecule has 0 aliphatic carbocycles. The number of nitrogens with one attached hydrogen (secondary N) is 1. The van der Waals surface area contributed by atoms with E-state index in [9.17, 15) is 10.1 Å². The van der Waals surface area contributed by atoms with Crippen molar-refractivity contribution in [1.82, 2.24) is 0 Å². The number of nitrogens with zero attached hydrogens (tertiary/aromatic N) is 1. The number of ether oxygens (including phenoxy) is 2. The summed E-state index contributed by atoms with van der Waals surface area (Å²) >= 11 is 5.97. The molecule has 0 bridgehead atoms. The van der Waals surface area contributed by atoms with Crippen LogP contribution in [0.5, 0.6) is 11.5 Å². The van der Waals surface area contributed by atoms with Gasteiger partial charge < -0.3 is 14.8 Å². The molecule has 0 atom stereocenters. The van der Waals surface area contributed by atoms with Crippen molar-refractivity contribution >= 4 is 29.3 Å². The lowest BCUT2D eigenvalue weighted by molar-refractivity contribution is -0.112. The molecule has 5 nitrogen and oxygen atoms in total. The Bertz CT molecular complexity index is 1230. The van der Waals surface area contributed by atoms with Gasteiger partial charge in [0.1, 0.15) is 18.2 Å². The van der Waals surface area contributed by atoms with Gasteiger partial charge in [0, 0.05) is 10.7 Å². The van der Waals surface area contributed by atoms with E-state index in [-0.39, 0.29) is 5.57 Å². The normalized spacial score (nSPS) is 10.9. The highest BCUT2D eigenvalue weighted by Gasteiger charge is 2.13. The predicted molar refractivity (Wildman–Crippen MR) is 132 cm³/mol. The highest BCUT2D eigenvalue weighted by atomic mass is 35.5. The maximum atomic E-state index is 12.7. The van der Waals surface area contributed by atoms with Gasteiger partial charge in [0.15, 0.2) is 11.5 Å². The van der Waals surface area contributed by atoms with Crippen LogP contribution in [-0.4, -0.2) is 12.5 Å². The topological polar surface area (TPSA) is 71.3 Å². The van der Waals surface area contributed by atoms with Crippen LogP contribution in [0, 0.1) is 25.2 Å². The Kier molecular flexibility index (Phi) is 8.12. The number of carbonyl (C=O) groups is 1. The summed E-state index contributed by atoms with van der Waals surface area (Å²) in [5.41, 5.74) is 4.25. The minimum Gasteiger partial charge on any atom is -0.490 e. The number of hydrogen-bond donors (Lipinski definition) is 1. The lowest BCUT2D eigenvalue weighted by Crippen LogP contribution is -2.14. The molecule has 0 unspecified atom stereocenters. The molecule has 33 heavy (non-hydrogen) atoms. The van der Waals surface area contributed by atoms with E-state index in [0.29, 0.717) is 41.0 Å². The van der Waals surface area contributed by atoms with E-state index in [4.69, 9.17) is 21.1 Å². The Morgan fingerprint density at radius 1 is 1.06 bits per heavy atom. The van der Waals surface area contributed by atoms with E-state index >= 15 is 0 Å². The third-order valence-corrected chi connectivity index (χ3v) is 5.09. The number of aryl methyl sites for hydroxylation is 2. The summed E-state index contributed by atoms with van der Waals surface area (Å²) in [6.07, 6.45) is 1.52. The van der Waals surface area contributed by atoms with Crippen molar-refractivity contribution in [2.75, 3.05) is 11.9 Å². The molecule has 0 fully saturated rings. The summed E-state index contributed by atoms with van der Waals surface area (Å²) in [6.45, 7) is 6.61. The first kappa shape index (κ1) is 23.9. The first-order valence-corrected chi connectivity index (χ1v) is 10.9. The maximum Gasteiger partial charge on any atom is 0.266 e. The molecular formula is C27H25ClN2O3. The quantitative estimate of drug-likeness (QED) is 0.308. The van der Waals surface area contributed by atoms with Gasteiger partial charge in [0.2, 0.25) is 0 Å². The molecule has 0 saturated carbocycles. The molecule has 0 aromatic heterocycles. The number of carbonyl (C=O) groups excluding carboxylic acids is 1. The van der Waals surface area contributed by atoms with Crippen LogP contribution in [0.25, 0.3) is 6.08 Å². The second kappa shape index (κ2) is 11.2. The number of rotatable bonds is 8. The Balaban J connectivity index is 1.79. The van der Waals surface area contributed by atoms with Crippen molar-refractivity contribution in [2.24, 2.45) is 0 Å². The second-order valence-electron chi connectivity index (χ2n) is 7.50. The Morgan fingerprint density at radius 3 is 2.58 bits per heavy atom. The van der Waals surface area contributed by atoms with Crippen LogP contribution in [0.4, 0.5) is 5.69 Å². The van der Waals surface area contributed by atoms with Crippen molar-refractivity contribution in [2.45, 2.75) is 27.4 Å². The van der Waals surface area contributed by atoms with E-state index in [1.165, 1.54) is 6.08 Å². The third kappa shape index (κ3) is 6.61. The molecular weight excluding hydrogens is 436 g/mol. The van der Waals surface area contributed by atoms with E-state index in [1.807, 2.05) is 45.0 Å². The van der Waals surface area contributed by atoms with Crippen molar-refractivity contribution in [3.63, 3.8) is 0 Å². The van der Waals surface area contributed by atoms with E-state index < -0.39 is 5.91 Å². The minimum absolute atomic E-state index is 0.0276. The molecule has 0 aliphatic heterocycles. The van der Waals surface area contributed by atoms with Gasteiger partial charge >= 0.3 is 0 Å². The molecule has 0 aliphatic rings. The molecule has 1 N–H and O–H groups in total. The summed E-state index contributed by atoms with van der Waals surface area (Å²) in [6, 6.07) is 20.5. The minimum atomic E-state index is -0.499. The first-order valence-electron chi connectivity index (χ1n) is 10.5. The summed E-state index contributed by atoms with van der Waals surface area (Å²) in [4.78, 5) is 12.7. The van der Waals surface area contributed by atoms with Crippen LogP contribution >= 0.6 is 11.6 Å². The molecule has 168 valence electrons. The Hall–Kier alpha value is -3.75. The number of amides is 1. The first-order chi connectivity index (χ1) is 15.9. The zero-order chi connectivity index (χ0) is 23.8. The number of hydrogen-bond acceptors (Lipinski definition) is 4. The molecule has 0 spiro atoms. The molecule has 3 rings (SSSR count). The fraction of sp³-hybridized carbons (Fsp3) is 0.185. The fourth-order valence-electron chi connectivity index (χ4n) is 3.24. The van der Waals surface area contributed by atoms with Gasteiger partial charge in [-0.25, -0.2) is 0 Å². The van der Waals surface area contributed by atoms with Gasteiger partial charge in [-0.05, 0) is 73.9 Å². The van der Waals surface area contributed by atoms with Crippen LogP contribution in [-0.2, 0) is 11.4 Å². The van der Waals surface area contributed by atoms with Gasteiger partial charge in [-0.15, -0.1) is 0 Å². The number of benzene rings is 3. The lowest BCUT2D eigenvalue weighted by atomic mass is 10.1. The SMILES string of the molecule is CCOc1cc(/C=C(\C#N)C(=O)Nc2ccc(Cl)cc2C)ccc1OCc1cccc(C)c1. The molecule has 0 saturated heterocycles. The highest BCUT2D eigenvalue weighted by Crippen LogP contribution is 2.30. The van der Waals surface area contributed by atoms with E-state index in [2.05, 4.69) is 11.4 Å².